The van der Waals surface area contributed by atoms with Crippen LogP contribution in [0.4, 0.5) is 5.69 Å². The van der Waals surface area contributed by atoms with Crippen molar-refractivity contribution in [3.8, 4) is 0 Å². The standard InChI is InChI=1S/C18H16Cl2N2O4/c1-11-3-2-4-13(7-11)22-16(23)10-26-17(24)9-21-18(25)14-6-5-12(19)8-15(14)20/h2-8H,9-10H2,1H3,(H,21,25)(H,22,23). The number of nitrogens with one attached hydrogen (secondary N) is 2. The fraction of sp³-hybridized carbons (Fsp3) is 0.167. The number of amides is 2. The molecule has 6 nitrogen and oxygen atoms in total. The molecule has 2 rings (SSSR count). The van der Waals surface area contributed by atoms with Gasteiger partial charge in [-0.15, -0.1) is 0 Å². The molecule has 0 radical (unpaired) electrons. The summed E-state index contributed by atoms with van der Waals surface area (Å²) in [6, 6.07) is 11.6. The molecule has 0 heterocycles. The van der Waals surface area contributed by atoms with Crippen molar-refractivity contribution < 1.29 is 19.1 Å². The molecule has 0 bridgehead atoms. The molecule has 0 saturated carbocycles. The van der Waals surface area contributed by atoms with Gasteiger partial charge in [-0.1, -0.05) is 35.3 Å². The van der Waals surface area contributed by atoms with E-state index in [4.69, 9.17) is 27.9 Å². The Bertz CT molecular complexity index is 840. The van der Waals surface area contributed by atoms with E-state index in [0.717, 1.165) is 5.56 Å². The molecule has 0 atom stereocenters. The molecule has 0 spiro atoms. The highest BCUT2D eigenvalue weighted by Crippen LogP contribution is 2.20. The molecule has 0 saturated heterocycles. The Balaban J connectivity index is 1.76. The lowest BCUT2D eigenvalue weighted by Gasteiger charge is -2.08. The van der Waals surface area contributed by atoms with E-state index in [1.165, 1.54) is 18.2 Å². The minimum atomic E-state index is -0.747. The molecule has 0 aliphatic rings. The molecule has 8 heteroatoms. The van der Waals surface area contributed by atoms with Crippen LogP contribution in [0.1, 0.15) is 15.9 Å². The number of rotatable bonds is 6. The summed E-state index contributed by atoms with van der Waals surface area (Å²) < 4.78 is 4.82. The lowest BCUT2D eigenvalue weighted by atomic mass is 10.2. The molecule has 0 fully saturated rings. The number of hydrogen-bond acceptors (Lipinski definition) is 4. The average molecular weight is 395 g/mol. The van der Waals surface area contributed by atoms with Gasteiger partial charge in [0.05, 0.1) is 10.6 Å². The van der Waals surface area contributed by atoms with E-state index >= 15 is 0 Å². The fourth-order valence-electron chi connectivity index (χ4n) is 2.04. The number of ether oxygens (including phenoxy) is 1. The molecule has 2 N–H and O–H groups in total. The molecule has 26 heavy (non-hydrogen) atoms. The third-order valence-electron chi connectivity index (χ3n) is 3.24. The monoisotopic (exact) mass is 394 g/mol. The summed E-state index contributed by atoms with van der Waals surface area (Å²) in [4.78, 5) is 35.4. The predicted molar refractivity (Wildman–Crippen MR) is 99.6 cm³/mol. The second kappa shape index (κ2) is 9.22. The molecular weight excluding hydrogens is 379 g/mol. The predicted octanol–water partition coefficient (Wildman–Crippen LogP) is 3.21. The van der Waals surface area contributed by atoms with Gasteiger partial charge in [0, 0.05) is 10.7 Å². The first-order valence-corrected chi connectivity index (χ1v) is 8.36. The van der Waals surface area contributed by atoms with Gasteiger partial charge < -0.3 is 15.4 Å². The van der Waals surface area contributed by atoms with Gasteiger partial charge in [0.25, 0.3) is 11.8 Å². The smallest absolute Gasteiger partial charge is 0.325 e. The molecule has 136 valence electrons. The molecule has 2 amide bonds. The van der Waals surface area contributed by atoms with Crippen LogP contribution in [0, 0.1) is 6.92 Å². The first-order valence-electron chi connectivity index (χ1n) is 7.60. The number of carbonyl (C=O) groups is 3. The van der Waals surface area contributed by atoms with Crippen molar-refractivity contribution in [3.05, 3.63) is 63.6 Å². The summed E-state index contributed by atoms with van der Waals surface area (Å²) in [5, 5.41) is 5.54. The molecular formula is C18H16Cl2N2O4. The maximum Gasteiger partial charge on any atom is 0.325 e. The Hall–Kier alpha value is -2.57. The van der Waals surface area contributed by atoms with Crippen LogP contribution in [0.25, 0.3) is 0 Å². The van der Waals surface area contributed by atoms with Crippen LogP contribution < -0.4 is 10.6 Å². The zero-order chi connectivity index (χ0) is 19.1. The minimum Gasteiger partial charge on any atom is -0.454 e. The van der Waals surface area contributed by atoms with Gasteiger partial charge in [-0.2, -0.15) is 0 Å². The van der Waals surface area contributed by atoms with Crippen LogP contribution in [0.5, 0.6) is 0 Å². The zero-order valence-electron chi connectivity index (χ0n) is 13.8. The highest BCUT2D eigenvalue weighted by molar-refractivity contribution is 6.36. The number of carbonyl (C=O) groups excluding carboxylic acids is 3. The van der Waals surface area contributed by atoms with Crippen molar-refractivity contribution in [3.63, 3.8) is 0 Å². The molecule has 0 aliphatic heterocycles. The van der Waals surface area contributed by atoms with E-state index in [2.05, 4.69) is 10.6 Å². The fourth-order valence-corrected chi connectivity index (χ4v) is 2.53. The number of halogens is 2. The number of hydrogen-bond donors (Lipinski definition) is 2. The molecule has 2 aromatic carbocycles. The molecule has 0 aromatic heterocycles. The van der Waals surface area contributed by atoms with Crippen LogP contribution in [0.15, 0.2) is 42.5 Å². The number of esters is 1. The van der Waals surface area contributed by atoms with Crippen molar-refractivity contribution in [2.24, 2.45) is 0 Å². The Morgan fingerprint density at radius 3 is 2.54 bits per heavy atom. The van der Waals surface area contributed by atoms with Crippen LogP contribution in [0.3, 0.4) is 0 Å². The van der Waals surface area contributed by atoms with Crippen molar-refractivity contribution in [1.82, 2.24) is 5.32 Å². The third kappa shape index (κ3) is 6.06. The second-order valence-electron chi connectivity index (χ2n) is 5.39. The van der Waals surface area contributed by atoms with Crippen LogP contribution in [-0.2, 0) is 14.3 Å². The van der Waals surface area contributed by atoms with Crippen molar-refractivity contribution >= 4 is 46.7 Å². The van der Waals surface area contributed by atoms with E-state index in [1.54, 1.807) is 18.2 Å². The lowest BCUT2D eigenvalue weighted by molar-refractivity contribution is -0.146. The average Bonchev–Trinajstić information content (AvgIpc) is 2.58. The second-order valence-corrected chi connectivity index (χ2v) is 6.23. The number of benzene rings is 2. The van der Waals surface area contributed by atoms with Gasteiger partial charge in [-0.3, -0.25) is 14.4 Å². The zero-order valence-corrected chi connectivity index (χ0v) is 15.4. The van der Waals surface area contributed by atoms with E-state index in [-0.39, 0.29) is 10.6 Å². The highest BCUT2D eigenvalue weighted by Gasteiger charge is 2.13. The first kappa shape index (κ1) is 19.8. The number of aryl methyl sites for hydroxylation is 1. The first-order chi connectivity index (χ1) is 12.3. The SMILES string of the molecule is Cc1cccc(NC(=O)COC(=O)CNC(=O)c2ccc(Cl)cc2Cl)c1. The summed E-state index contributed by atoms with van der Waals surface area (Å²) in [7, 11) is 0. The van der Waals surface area contributed by atoms with Gasteiger partial charge in [-0.05, 0) is 42.8 Å². The third-order valence-corrected chi connectivity index (χ3v) is 3.78. The Morgan fingerprint density at radius 1 is 1.08 bits per heavy atom. The summed E-state index contributed by atoms with van der Waals surface area (Å²) in [6.07, 6.45) is 0. The van der Waals surface area contributed by atoms with Crippen molar-refractivity contribution in [2.45, 2.75) is 6.92 Å². The maximum absolute atomic E-state index is 12.0. The molecule has 2 aromatic rings. The van der Waals surface area contributed by atoms with Crippen LogP contribution in [0.2, 0.25) is 10.0 Å². The Kier molecular flexibility index (Phi) is 7.00. The normalized spacial score (nSPS) is 10.1. The number of anilines is 1. The quantitative estimate of drug-likeness (QED) is 0.736. The largest absolute Gasteiger partial charge is 0.454 e. The van der Waals surface area contributed by atoms with Crippen LogP contribution in [-0.4, -0.2) is 30.9 Å². The topological polar surface area (TPSA) is 84.5 Å². The van der Waals surface area contributed by atoms with E-state index < -0.39 is 30.9 Å². The Morgan fingerprint density at radius 2 is 1.85 bits per heavy atom. The summed E-state index contributed by atoms with van der Waals surface area (Å²) in [6.45, 7) is 1.05. The van der Waals surface area contributed by atoms with Crippen LogP contribution >= 0.6 is 23.2 Å². The van der Waals surface area contributed by atoms with Gasteiger partial charge in [0.15, 0.2) is 6.61 Å². The summed E-state index contributed by atoms with van der Waals surface area (Å²) >= 11 is 11.7. The van der Waals surface area contributed by atoms with E-state index in [0.29, 0.717) is 10.7 Å². The molecule has 0 unspecified atom stereocenters. The van der Waals surface area contributed by atoms with Gasteiger partial charge in [0.2, 0.25) is 0 Å². The molecule has 0 aliphatic carbocycles. The van der Waals surface area contributed by atoms with Gasteiger partial charge in [-0.25, -0.2) is 0 Å². The summed E-state index contributed by atoms with van der Waals surface area (Å²) in [5.74, 6) is -1.77. The van der Waals surface area contributed by atoms with Gasteiger partial charge >= 0.3 is 5.97 Å². The Labute approximate surface area is 160 Å². The van der Waals surface area contributed by atoms with Crippen molar-refractivity contribution in [2.75, 3.05) is 18.5 Å². The van der Waals surface area contributed by atoms with E-state index in [9.17, 15) is 14.4 Å². The minimum absolute atomic E-state index is 0.167. The van der Waals surface area contributed by atoms with E-state index in [1.807, 2.05) is 13.0 Å². The highest BCUT2D eigenvalue weighted by atomic mass is 35.5. The maximum atomic E-state index is 12.0. The lowest BCUT2D eigenvalue weighted by Crippen LogP contribution is -2.32. The van der Waals surface area contributed by atoms with Gasteiger partial charge in [0.1, 0.15) is 6.54 Å². The summed E-state index contributed by atoms with van der Waals surface area (Å²) in [5.41, 5.74) is 1.78. The van der Waals surface area contributed by atoms with Crippen molar-refractivity contribution in [1.29, 1.82) is 0 Å².